The summed E-state index contributed by atoms with van der Waals surface area (Å²) >= 11 is 0. The van der Waals surface area contributed by atoms with E-state index < -0.39 is 15.6 Å². The van der Waals surface area contributed by atoms with E-state index in [9.17, 15) is 13.2 Å². The molecule has 0 aromatic carbocycles. The molecule has 8 heteroatoms. The van der Waals surface area contributed by atoms with Crippen molar-refractivity contribution in [2.45, 2.75) is 38.6 Å². The smallest absolute Gasteiger partial charge is 0.485 e. The largest absolute Gasteiger partial charge is 0.741 e. The number of alkyl halides is 3. The highest BCUT2D eigenvalue weighted by Gasteiger charge is 2.36. The van der Waals surface area contributed by atoms with Crippen LogP contribution in [0, 0.1) is 5.92 Å². The summed E-state index contributed by atoms with van der Waals surface area (Å²) in [5.74, 6) is 0.982. The number of hydrogen-bond acceptors (Lipinski definition) is 3. The number of quaternary nitrogens is 1. The average Bonchev–Trinajstić information content (AvgIpc) is 2.15. The lowest BCUT2D eigenvalue weighted by Crippen LogP contribution is -3.13. The van der Waals surface area contributed by atoms with Gasteiger partial charge in [0.05, 0.1) is 19.6 Å². The Bertz CT molecular complexity index is 328. The monoisotopic (exact) mass is 291 g/mol. The average molecular weight is 291 g/mol. The van der Waals surface area contributed by atoms with E-state index >= 15 is 0 Å². The quantitative estimate of drug-likeness (QED) is 0.603. The zero-order valence-corrected chi connectivity index (χ0v) is 11.4. The zero-order valence-electron chi connectivity index (χ0n) is 10.6. The van der Waals surface area contributed by atoms with Crippen LogP contribution in [0.2, 0.25) is 0 Å². The van der Waals surface area contributed by atoms with Crippen LogP contribution in [0.25, 0.3) is 0 Å². The summed E-state index contributed by atoms with van der Waals surface area (Å²) in [6.07, 6.45) is 4.27. The minimum atomic E-state index is -6.09. The Balaban J connectivity index is 0.000000331. The van der Waals surface area contributed by atoms with Crippen LogP contribution in [-0.2, 0) is 10.1 Å². The predicted molar refractivity (Wildman–Crippen MR) is 60.0 cm³/mol. The highest BCUT2D eigenvalue weighted by molar-refractivity contribution is 7.86. The standard InChI is InChI=1S/C9H19N.CHF3O3S/c1-3-6-10-7-4-5-9(2)8-10;2-1(3,4)8(5,6)7/h9H,3-8H2,1-2H3;(H,5,6,7). The van der Waals surface area contributed by atoms with Gasteiger partial charge >= 0.3 is 5.51 Å². The molecule has 1 aliphatic rings. The normalized spacial score (nSPS) is 25.2. The molecule has 0 aromatic rings. The van der Waals surface area contributed by atoms with E-state index in [1.807, 2.05) is 4.90 Å². The van der Waals surface area contributed by atoms with Gasteiger partial charge in [0.15, 0.2) is 10.1 Å². The van der Waals surface area contributed by atoms with E-state index in [1.165, 1.54) is 38.9 Å². The van der Waals surface area contributed by atoms with Crippen LogP contribution in [0.3, 0.4) is 0 Å². The van der Waals surface area contributed by atoms with Gasteiger partial charge in [-0.3, -0.25) is 0 Å². The van der Waals surface area contributed by atoms with Crippen molar-refractivity contribution in [3.63, 3.8) is 0 Å². The van der Waals surface area contributed by atoms with Crippen LogP contribution >= 0.6 is 0 Å². The van der Waals surface area contributed by atoms with Crippen molar-refractivity contribution in [2.24, 2.45) is 5.92 Å². The van der Waals surface area contributed by atoms with E-state index in [-0.39, 0.29) is 0 Å². The van der Waals surface area contributed by atoms with E-state index in [4.69, 9.17) is 13.0 Å². The number of halogens is 3. The van der Waals surface area contributed by atoms with Gasteiger partial charge in [-0.15, -0.1) is 0 Å². The summed E-state index contributed by atoms with van der Waals surface area (Å²) in [6.45, 7) is 8.91. The third-order valence-corrected chi connectivity index (χ3v) is 3.32. The molecule has 0 bridgehead atoms. The lowest BCUT2D eigenvalue weighted by molar-refractivity contribution is -0.908. The van der Waals surface area contributed by atoms with Crippen molar-refractivity contribution in [1.82, 2.24) is 0 Å². The van der Waals surface area contributed by atoms with Gasteiger partial charge < -0.3 is 9.45 Å². The topological polar surface area (TPSA) is 61.6 Å². The van der Waals surface area contributed by atoms with Crippen molar-refractivity contribution in [3.05, 3.63) is 0 Å². The highest BCUT2D eigenvalue weighted by Crippen LogP contribution is 2.20. The minimum Gasteiger partial charge on any atom is -0.741 e. The van der Waals surface area contributed by atoms with Crippen LogP contribution in [0.5, 0.6) is 0 Å². The van der Waals surface area contributed by atoms with Crippen molar-refractivity contribution < 1.29 is 31.0 Å². The molecule has 0 amide bonds. The molecular formula is C10H20F3NO3S. The van der Waals surface area contributed by atoms with E-state index in [0.717, 1.165) is 5.92 Å². The summed E-state index contributed by atoms with van der Waals surface area (Å²) in [4.78, 5) is 1.83. The van der Waals surface area contributed by atoms with Crippen LogP contribution in [0.15, 0.2) is 0 Å². The predicted octanol–water partition coefficient (Wildman–Crippen LogP) is 0.763. The number of rotatable bonds is 2. The lowest BCUT2D eigenvalue weighted by atomic mass is 10.0. The molecule has 1 fully saturated rings. The van der Waals surface area contributed by atoms with Gasteiger partial charge in [-0.25, -0.2) is 8.42 Å². The first-order valence-electron chi connectivity index (χ1n) is 5.93. The van der Waals surface area contributed by atoms with Crippen LogP contribution < -0.4 is 4.90 Å². The maximum Gasteiger partial charge on any atom is 0.485 e. The molecule has 1 aliphatic heterocycles. The second kappa shape index (κ2) is 7.30. The Morgan fingerprint density at radius 3 is 2.22 bits per heavy atom. The van der Waals surface area contributed by atoms with Crippen LogP contribution in [0.4, 0.5) is 13.2 Å². The number of nitrogens with one attached hydrogen (secondary N) is 1. The molecule has 0 saturated carbocycles. The van der Waals surface area contributed by atoms with Crippen molar-refractivity contribution >= 4 is 10.1 Å². The molecule has 1 saturated heterocycles. The summed E-state index contributed by atoms with van der Waals surface area (Å²) in [7, 11) is -6.09. The van der Waals surface area contributed by atoms with Crippen molar-refractivity contribution in [3.8, 4) is 0 Å². The van der Waals surface area contributed by atoms with Crippen LogP contribution in [-0.4, -0.2) is 38.1 Å². The summed E-state index contributed by atoms with van der Waals surface area (Å²) in [5, 5.41) is 0. The summed E-state index contributed by atoms with van der Waals surface area (Å²) in [5.41, 5.74) is -5.65. The molecule has 1 rings (SSSR count). The van der Waals surface area contributed by atoms with E-state index in [2.05, 4.69) is 13.8 Å². The molecule has 4 nitrogen and oxygen atoms in total. The molecule has 0 aromatic heterocycles. The first-order valence-corrected chi connectivity index (χ1v) is 7.34. The molecule has 0 aliphatic carbocycles. The first-order chi connectivity index (χ1) is 8.08. The minimum absolute atomic E-state index is 0.982. The SMILES string of the molecule is CCC[NH+]1CCCC(C)C1.O=S(=O)([O-])C(F)(F)F. The molecule has 2 unspecified atom stereocenters. The molecule has 18 heavy (non-hydrogen) atoms. The third kappa shape index (κ3) is 7.17. The van der Waals surface area contributed by atoms with Crippen molar-refractivity contribution in [2.75, 3.05) is 19.6 Å². The van der Waals surface area contributed by atoms with E-state index in [1.54, 1.807) is 0 Å². The molecule has 1 N–H and O–H groups in total. The fourth-order valence-corrected chi connectivity index (χ4v) is 1.98. The Kier molecular flexibility index (Phi) is 7.16. The maximum atomic E-state index is 10.7. The Labute approximate surface area is 106 Å². The Morgan fingerprint density at radius 1 is 1.39 bits per heavy atom. The number of likely N-dealkylation sites (tertiary alicyclic amines) is 1. The maximum absolute atomic E-state index is 10.7. The molecule has 0 radical (unpaired) electrons. The van der Waals surface area contributed by atoms with Gasteiger partial charge in [-0.1, -0.05) is 13.8 Å². The second-order valence-electron chi connectivity index (χ2n) is 4.60. The third-order valence-electron chi connectivity index (χ3n) is 2.75. The fourth-order valence-electron chi connectivity index (χ4n) is 1.98. The molecular weight excluding hydrogens is 271 g/mol. The van der Waals surface area contributed by atoms with Gasteiger partial charge in [-0.2, -0.15) is 13.2 Å². The Morgan fingerprint density at radius 2 is 1.89 bits per heavy atom. The number of hydrogen-bond donors (Lipinski definition) is 1. The zero-order chi connectivity index (χ0) is 14.4. The lowest BCUT2D eigenvalue weighted by Gasteiger charge is -2.27. The molecule has 0 spiro atoms. The van der Waals surface area contributed by atoms with Crippen molar-refractivity contribution in [1.29, 1.82) is 0 Å². The van der Waals surface area contributed by atoms with Gasteiger partial charge in [0.1, 0.15) is 0 Å². The van der Waals surface area contributed by atoms with Gasteiger partial charge in [0.2, 0.25) is 0 Å². The molecule has 2 atom stereocenters. The van der Waals surface area contributed by atoms with Gasteiger partial charge in [0.25, 0.3) is 0 Å². The summed E-state index contributed by atoms with van der Waals surface area (Å²) < 4.78 is 58.9. The van der Waals surface area contributed by atoms with Gasteiger partial charge in [0, 0.05) is 5.92 Å². The van der Waals surface area contributed by atoms with Crippen LogP contribution in [0.1, 0.15) is 33.1 Å². The summed E-state index contributed by atoms with van der Waals surface area (Å²) in [6, 6.07) is 0. The van der Waals surface area contributed by atoms with Gasteiger partial charge in [-0.05, 0) is 19.3 Å². The van der Waals surface area contributed by atoms with E-state index in [0.29, 0.717) is 0 Å². The first kappa shape index (κ1) is 17.7. The fraction of sp³-hybridized carbons (Fsp3) is 1.00. The Hall–Kier alpha value is -0.340. The number of piperidine rings is 1. The highest BCUT2D eigenvalue weighted by atomic mass is 32.2. The molecule has 1 heterocycles. The molecule has 110 valence electrons. The second-order valence-corrected chi connectivity index (χ2v) is 5.97.